The van der Waals surface area contributed by atoms with Crippen molar-refractivity contribution in [3.63, 3.8) is 0 Å². The number of amides is 1. The summed E-state index contributed by atoms with van der Waals surface area (Å²) in [6.45, 7) is 10.2. The Hall–Kier alpha value is -1.31. The lowest BCUT2D eigenvalue weighted by atomic mass is 9.74. The van der Waals surface area contributed by atoms with Gasteiger partial charge in [-0.1, -0.05) is 0 Å². The lowest BCUT2D eigenvalue weighted by molar-refractivity contribution is 0.00578. The van der Waals surface area contributed by atoms with Crippen LogP contribution in [-0.2, 0) is 19.5 Å². The number of carbonyl (C=O) groups is 1. The highest BCUT2D eigenvalue weighted by Crippen LogP contribution is 2.39. The first-order valence-corrected chi connectivity index (χ1v) is 8.69. The molecule has 4 heterocycles. The van der Waals surface area contributed by atoms with Crippen LogP contribution in [0.4, 0.5) is 0 Å². The van der Waals surface area contributed by atoms with Crippen LogP contribution in [0.5, 0.6) is 0 Å². The van der Waals surface area contributed by atoms with E-state index >= 15 is 0 Å². The number of hydrogen-bond donors (Lipinski definition) is 2. The van der Waals surface area contributed by atoms with E-state index in [2.05, 4.69) is 10.3 Å². The van der Waals surface area contributed by atoms with Gasteiger partial charge in [-0.3, -0.25) is 4.79 Å². The van der Waals surface area contributed by atoms with E-state index in [0.29, 0.717) is 12.1 Å². The number of nitrogens with one attached hydrogen (secondary N) is 2. The molecule has 4 rings (SSSR count). The van der Waals surface area contributed by atoms with Gasteiger partial charge in [-0.2, -0.15) is 0 Å². The predicted octanol–water partition coefficient (Wildman–Crippen LogP) is 1.11. The topological polar surface area (TPSA) is 72.6 Å². The molecule has 2 N–H and O–H groups in total. The second-order valence-corrected chi connectivity index (χ2v) is 8.18. The Labute approximate surface area is 142 Å². The van der Waals surface area contributed by atoms with Gasteiger partial charge in [0.05, 0.1) is 16.8 Å². The van der Waals surface area contributed by atoms with E-state index in [0.717, 1.165) is 37.3 Å². The number of aromatic nitrogens is 1. The molecule has 1 aromatic rings. The maximum absolute atomic E-state index is 12.4. The van der Waals surface area contributed by atoms with Crippen LogP contribution in [0.2, 0.25) is 0 Å². The van der Waals surface area contributed by atoms with E-state index in [1.807, 2.05) is 33.8 Å². The zero-order valence-corrected chi connectivity index (χ0v) is 14.8. The Morgan fingerprint density at radius 3 is 2.33 bits per heavy atom. The summed E-state index contributed by atoms with van der Waals surface area (Å²) in [5, 5.41) is 3.04. The quantitative estimate of drug-likeness (QED) is 0.756. The van der Waals surface area contributed by atoms with Gasteiger partial charge in [0.15, 0.2) is 0 Å². The van der Waals surface area contributed by atoms with Gasteiger partial charge in [-0.05, 0) is 46.6 Å². The average Bonchev–Trinajstić information content (AvgIpc) is 3.06. The molecule has 0 unspecified atom stereocenters. The molecule has 130 valence electrons. The molecular formula is C17H25BN2O4. The van der Waals surface area contributed by atoms with E-state index in [1.54, 1.807) is 0 Å². The van der Waals surface area contributed by atoms with Crippen molar-refractivity contribution in [3.05, 3.63) is 17.3 Å². The van der Waals surface area contributed by atoms with Crippen molar-refractivity contribution in [2.45, 2.75) is 57.2 Å². The fourth-order valence-electron chi connectivity index (χ4n) is 3.79. The van der Waals surface area contributed by atoms with Gasteiger partial charge < -0.3 is 24.3 Å². The SMILES string of the molecule is CC1(C)OB(c2cc3c([nH]2)C2(CCOCC2)CNC3=O)OC1(C)C. The van der Waals surface area contributed by atoms with Gasteiger partial charge in [0.2, 0.25) is 0 Å². The predicted molar refractivity (Wildman–Crippen MR) is 90.6 cm³/mol. The summed E-state index contributed by atoms with van der Waals surface area (Å²) in [6.07, 6.45) is 1.81. The number of ether oxygens (including phenoxy) is 1. The standard InChI is InChI=1S/C17H25BN2O4/c1-15(2)16(3,4)24-18(23-15)12-9-11-13(20-12)17(10-19-14(11)21)5-7-22-8-6-17/h9,20H,5-8,10H2,1-4H3,(H,19,21). The zero-order chi connectivity index (χ0) is 17.2. The molecule has 0 aromatic carbocycles. The molecule has 3 aliphatic heterocycles. The fraction of sp³-hybridized carbons (Fsp3) is 0.706. The molecule has 0 saturated carbocycles. The Kier molecular flexibility index (Phi) is 3.44. The van der Waals surface area contributed by atoms with E-state index in [-0.39, 0.29) is 11.3 Å². The Bertz CT molecular complexity index is 660. The van der Waals surface area contributed by atoms with Crippen LogP contribution in [-0.4, -0.2) is 49.0 Å². The molecule has 3 aliphatic rings. The van der Waals surface area contributed by atoms with Crippen molar-refractivity contribution in [2.24, 2.45) is 0 Å². The molecular weight excluding hydrogens is 307 g/mol. The van der Waals surface area contributed by atoms with Crippen LogP contribution in [0.25, 0.3) is 0 Å². The Balaban J connectivity index is 1.71. The third-order valence-electron chi connectivity index (χ3n) is 6.16. The van der Waals surface area contributed by atoms with Gasteiger partial charge in [0.25, 0.3) is 5.91 Å². The molecule has 0 atom stereocenters. The van der Waals surface area contributed by atoms with E-state index in [1.165, 1.54) is 0 Å². The summed E-state index contributed by atoms with van der Waals surface area (Å²) >= 11 is 0. The van der Waals surface area contributed by atoms with Crippen molar-refractivity contribution in [1.29, 1.82) is 0 Å². The first-order chi connectivity index (χ1) is 11.2. The number of H-pyrrole nitrogens is 1. The van der Waals surface area contributed by atoms with Crippen molar-refractivity contribution < 1.29 is 18.8 Å². The lowest BCUT2D eigenvalue weighted by Gasteiger charge is -2.40. The number of rotatable bonds is 1. The van der Waals surface area contributed by atoms with Crippen molar-refractivity contribution in [2.75, 3.05) is 19.8 Å². The first-order valence-electron chi connectivity index (χ1n) is 8.69. The zero-order valence-electron chi connectivity index (χ0n) is 14.8. The third kappa shape index (κ3) is 2.25. The van der Waals surface area contributed by atoms with E-state index < -0.39 is 18.3 Å². The van der Waals surface area contributed by atoms with E-state index in [9.17, 15) is 4.79 Å². The second-order valence-electron chi connectivity index (χ2n) is 8.18. The van der Waals surface area contributed by atoms with Crippen LogP contribution in [0.1, 0.15) is 56.6 Å². The maximum atomic E-state index is 12.4. The normalized spacial score (nSPS) is 27.2. The minimum atomic E-state index is -0.481. The largest absolute Gasteiger partial charge is 0.512 e. The summed E-state index contributed by atoms with van der Waals surface area (Å²) in [6, 6.07) is 1.89. The molecule has 1 aromatic heterocycles. The summed E-state index contributed by atoms with van der Waals surface area (Å²) in [5.41, 5.74) is 1.68. The highest BCUT2D eigenvalue weighted by Gasteiger charge is 2.53. The van der Waals surface area contributed by atoms with Gasteiger partial charge >= 0.3 is 7.12 Å². The Morgan fingerprint density at radius 1 is 1.08 bits per heavy atom. The maximum Gasteiger partial charge on any atom is 0.512 e. The summed E-state index contributed by atoms with van der Waals surface area (Å²) in [5.74, 6) is -0.0267. The monoisotopic (exact) mass is 332 g/mol. The van der Waals surface area contributed by atoms with Crippen LogP contribution in [0, 0.1) is 0 Å². The number of hydrogen-bond acceptors (Lipinski definition) is 4. The number of aromatic amines is 1. The van der Waals surface area contributed by atoms with Gasteiger partial charge in [0, 0.05) is 36.5 Å². The van der Waals surface area contributed by atoms with Crippen molar-refractivity contribution in [3.8, 4) is 0 Å². The van der Waals surface area contributed by atoms with Crippen LogP contribution >= 0.6 is 0 Å². The minimum Gasteiger partial charge on any atom is -0.398 e. The van der Waals surface area contributed by atoms with Gasteiger partial charge in [0.1, 0.15) is 0 Å². The third-order valence-corrected chi connectivity index (χ3v) is 6.16. The highest BCUT2D eigenvalue weighted by atomic mass is 16.7. The molecule has 1 amide bonds. The molecule has 1 spiro atoms. The molecule has 0 aliphatic carbocycles. The second kappa shape index (κ2) is 5.10. The fourth-order valence-corrected chi connectivity index (χ4v) is 3.79. The molecule has 2 fully saturated rings. The summed E-state index contributed by atoms with van der Waals surface area (Å²) in [4.78, 5) is 15.8. The molecule has 0 radical (unpaired) electrons. The number of carbonyl (C=O) groups excluding carboxylic acids is 1. The van der Waals surface area contributed by atoms with Crippen LogP contribution in [0.3, 0.4) is 0 Å². The van der Waals surface area contributed by atoms with Crippen molar-refractivity contribution in [1.82, 2.24) is 10.3 Å². The van der Waals surface area contributed by atoms with Crippen LogP contribution < -0.4 is 10.9 Å². The molecule has 7 heteroatoms. The summed E-state index contributed by atoms with van der Waals surface area (Å²) in [7, 11) is -0.481. The minimum absolute atomic E-state index is 0.0267. The molecule has 0 bridgehead atoms. The molecule has 2 saturated heterocycles. The van der Waals surface area contributed by atoms with Crippen molar-refractivity contribution >= 4 is 18.6 Å². The highest BCUT2D eigenvalue weighted by molar-refractivity contribution is 6.61. The lowest BCUT2D eigenvalue weighted by Crippen LogP contribution is -2.49. The molecule has 24 heavy (non-hydrogen) atoms. The average molecular weight is 332 g/mol. The van der Waals surface area contributed by atoms with E-state index in [4.69, 9.17) is 14.0 Å². The van der Waals surface area contributed by atoms with Gasteiger partial charge in [-0.15, -0.1) is 0 Å². The molecule has 6 nitrogen and oxygen atoms in total. The van der Waals surface area contributed by atoms with Gasteiger partial charge in [-0.25, -0.2) is 0 Å². The van der Waals surface area contributed by atoms with Crippen LogP contribution in [0.15, 0.2) is 6.07 Å². The smallest absolute Gasteiger partial charge is 0.398 e. The Morgan fingerprint density at radius 2 is 1.71 bits per heavy atom. The number of fused-ring (bicyclic) bond motifs is 2. The first kappa shape index (κ1) is 16.2. The summed E-state index contributed by atoms with van der Waals surface area (Å²) < 4.78 is 17.8.